The maximum Gasteiger partial charge on any atom is 0.308 e. The molecule has 0 radical (unpaired) electrons. The van der Waals surface area contributed by atoms with Crippen molar-refractivity contribution in [3.8, 4) is 0 Å². The molecule has 8 fully saturated rings. The first-order chi connectivity index (χ1) is 29.1. The van der Waals surface area contributed by atoms with Crippen LogP contribution < -0.4 is 0 Å². The zero-order valence-corrected chi connectivity index (χ0v) is 37.7. The van der Waals surface area contributed by atoms with Crippen LogP contribution in [-0.2, 0) is 47.5 Å². The molecule has 0 amide bonds. The molecule has 0 aromatic carbocycles. The Kier molecular flexibility index (Phi) is 12.9. The summed E-state index contributed by atoms with van der Waals surface area (Å²) in [5, 5.41) is 54.0. The highest BCUT2D eigenvalue weighted by atomic mass is 16.8. The van der Waals surface area contributed by atoms with Crippen LogP contribution >= 0.6 is 0 Å². The molecule has 0 saturated carbocycles. The van der Waals surface area contributed by atoms with E-state index in [-0.39, 0.29) is 36.6 Å². The van der Waals surface area contributed by atoms with Gasteiger partial charge in [0.25, 0.3) is 0 Å². The van der Waals surface area contributed by atoms with E-state index in [0.29, 0.717) is 51.6 Å². The number of aliphatic carboxylic acids is 1. The molecule has 62 heavy (non-hydrogen) atoms. The predicted molar refractivity (Wildman–Crippen MR) is 221 cm³/mol. The van der Waals surface area contributed by atoms with E-state index in [1.54, 1.807) is 19.9 Å². The van der Waals surface area contributed by atoms with Gasteiger partial charge in [0, 0.05) is 38.5 Å². The van der Waals surface area contributed by atoms with Gasteiger partial charge in [-0.15, -0.1) is 0 Å². The summed E-state index contributed by atoms with van der Waals surface area (Å²) in [4.78, 5) is 25.5. The van der Waals surface area contributed by atoms with Crippen LogP contribution in [0.3, 0.4) is 0 Å². The Morgan fingerprint density at radius 3 is 2.44 bits per heavy atom. The monoisotopic (exact) mass is 876 g/mol. The summed E-state index contributed by atoms with van der Waals surface area (Å²) in [7, 11) is 0. The normalized spacial score (nSPS) is 50.2. The van der Waals surface area contributed by atoms with Gasteiger partial charge in [0.05, 0.1) is 48.1 Å². The number of allylic oxidation sites excluding steroid dienone is 3. The molecule has 0 unspecified atom stereocenters. The lowest BCUT2D eigenvalue weighted by Gasteiger charge is -2.47. The summed E-state index contributed by atoms with van der Waals surface area (Å²) in [6.45, 7) is 13.9. The first-order valence-electron chi connectivity index (χ1n) is 23.4. The zero-order valence-electron chi connectivity index (χ0n) is 37.7. The molecule has 0 aromatic heterocycles. The SMILES string of the molecule is CC(/C=C/[C@H]1O[C@H]([C@@]2(O)OCC[C@@H](C)[C@H]2O)C[C@H]1O)=C\[C@H](C)C[C@@]1(C)CC[C@H]([C@@]23CC[C@@](C)(C[C@H]([C@H]4O[C@@](C)([C@@H](O)[C@@H]5CC[C@]6(CCC[C@@H]([C@@H](C)C(=O)O)O6)O5)CC4=O)O2)O3)O1. The number of aliphatic hydroxyl groups is 4. The fraction of sp³-hybridized carbons (Fsp3) is 0.872. The lowest BCUT2D eigenvalue weighted by molar-refractivity contribution is -0.359. The van der Waals surface area contributed by atoms with E-state index in [1.807, 2.05) is 19.9 Å². The van der Waals surface area contributed by atoms with E-state index in [1.165, 1.54) is 0 Å². The quantitative estimate of drug-likeness (QED) is 0.167. The number of Topliss-reactive ketones (excluding diaryl/α,β-unsaturated/α-hetero) is 1. The summed E-state index contributed by atoms with van der Waals surface area (Å²) < 4.78 is 51.4. The summed E-state index contributed by atoms with van der Waals surface area (Å²) in [5.74, 6) is -5.58. The van der Waals surface area contributed by atoms with Gasteiger partial charge in [-0.2, -0.15) is 0 Å². The lowest BCUT2D eigenvalue weighted by atomic mass is 9.87. The first-order valence-corrected chi connectivity index (χ1v) is 23.4. The molecule has 0 aliphatic carbocycles. The highest BCUT2D eigenvalue weighted by Crippen LogP contribution is 2.55. The number of carbonyl (C=O) groups excluding carboxylic acids is 1. The molecule has 15 nitrogen and oxygen atoms in total. The average molecular weight is 877 g/mol. The van der Waals surface area contributed by atoms with Gasteiger partial charge in [0.2, 0.25) is 5.79 Å². The number of aliphatic hydroxyl groups excluding tert-OH is 3. The van der Waals surface area contributed by atoms with E-state index in [4.69, 9.17) is 37.9 Å². The second-order valence-electron chi connectivity index (χ2n) is 21.2. The minimum absolute atomic E-state index is 0.00421. The molecule has 0 aromatic rings. The van der Waals surface area contributed by atoms with Crippen molar-refractivity contribution < 1.29 is 73.0 Å². The molecule has 8 rings (SSSR count). The average Bonchev–Trinajstić information content (AvgIpc) is 4.02. The number of ether oxygens (including phenoxy) is 8. The van der Waals surface area contributed by atoms with Crippen molar-refractivity contribution in [1.82, 2.24) is 0 Å². The fourth-order valence-electron chi connectivity index (χ4n) is 12.1. The third kappa shape index (κ3) is 8.89. The van der Waals surface area contributed by atoms with Gasteiger partial charge in [0.15, 0.2) is 17.4 Å². The number of fused-ring (bicyclic) bond motifs is 2. The van der Waals surface area contributed by atoms with Crippen molar-refractivity contribution >= 4 is 11.8 Å². The van der Waals surface area contributed by atoms with Crippen LogP contribution in [0.2, 0.25) is 0 Å². The Bertz CT molecular complexity index is 1740. The highest BCUT2D eigenvalue weighted by Gasteiger charge is 2.64. The summed E-state index contributed by atoms with van der Waals surface area (Å²) in [5.41, 5.74) is -1.22. The number of ketones is 1. The van der Waals surface area contributed by atoms with Crippen molar-refractivity contribution in [3.05, 3.63) is 23.8 Å². The Labute approximate surface area is 365 Å². The second kappa shape index (κ2) is 17.1. The topological polar surface area (TPSA) is 209 Å². The molecule has 8 aliphatic rings. The van der Waals surface area contributed by atoms with E-state index >= 15 is 0 Å². The van der Waals surface area contributed by atoms with Crippen LogP contribution in [0.15, 0.2) is 23.8 Å². The number of carboxylic acid groups (broad SMARTS) is 1. The first kappa shape index (κ1) is 46.7. The van der Waals surface area contributed by atoms with Gasteiger partial charge in [-0.1, -0.05) is 37.6 Å². The van der Waals surface area contributed by atoms with E-state index in [0.717, 1.165) is 37.7 Å². The van der Waals surface area contributed by atoms with E-state index in [2.05, 4.69) is 26.8 Å². The third-order valence-corrected chi connectivity index (χ3v) is 15.7. The molecule has 1 spiro atoms. The van der Waals surface area contributed by atoms with Crippen molar-refractivity contribution in [2.75, 3.05) is 6.61 Å². The Morgan fingerprint density at radius 2 is 1.68 bits per heavy atom. The highest BCUT2D eigenvalue weighted by molar-refractivity contribution is 5.86. The van der Waals surface area contributed by atoms with Crippen LogP contribution in [0.25, 0.3) is 0 Å². The maximum atomic E-state index is 13.9. The minimum Gasteiger partial charge on any atom is -0.481 e. The molecule has 8 heterocycles. The van der Waals surface area contributed by atoms with Gasteiger partial charge in [-0.25, -0.2) is 0 Å². The van der Waals surface area contributed by atoms with Crippen LogP contribution in [-0.4, -0.2) is 139 Å². The van der Waals surface area contributed by atoms with Crippen LogP contribution in [0.1, 0.15) is 138 Å². The second-order valence-corrected chi connectivity index (χ2v) is 21.2. The van der Waals surface area contributed by atoms with Gasteiger partial charge in [0.1, 0.15) is 42.2 Å². The van der Waals surface area contributed by atoms with Crippen molar-refractivity contribution in [1.29, 1.82) is 0 Å². The number of rotatable bonds is 12. The zero-order chi connectivity index (χ0) is 44.6. The summed E-state index contributed by atoms with van der Waals surface area (Å²) >= 11 is 0. The molecule has 19 atom stereocenters. The molecule has 350 valence electrons. The van der Waals surface area contributed by atoms with Crippen molar-refractivity contribution in [2.24, 2.45) is 17.8 Å². The van der Waals surface area contributed by atoms with E-state index in [9.17, 15) is 35.1 Å². The Balaban J connectivity index is 0.863. The third-order valence-electron chi connectivity index (χ3n) is 15.7. The Morgan fingerprint density at radius 1 is 0.919 bits per heavy atom. The number of hydrogen-bond acceptors (Lipinski definition) is 14. The van der Waals surface area contributed by atoms with Crippen LogP contribution in [0.4, 0.5) is 0 Å². The lowest BCUT2D eigenvalue weighted by Crippen LogP contribution is -2.59. The maximum absolute atomic E-state index is 13.9. The van der Waals surface area contributed by atoms with Gasteiger partial charge in [-0.05, 0) is 97.8 Å². The Hall–Kier alpha value is -1.86. The number of carboxylic acids is 1. The molecular weight excluding hydrogens is 805 g/mol. The molecular formula is C47H72O15. The smallest absolute Gasteiger partial charge is 0.308 e. The van der Waals surface area contributed by atoms with E-state index < -0.39 is 101 Å². The van der Waals surface area contributed by atoms with Gasteiger partial charge in [-0.3, -0.25) is 9.59 Å². The predicted octanol–water partition coefficient (Wildman–Crippen LogP) is 4.77. The van der Waals surface area contributed by atoms with Crippen molar-refractivity contribution in [2.45, 2.75) is 234 Å². The largest absolute Gasteiger partial charge is 0.481 e. The van der Waals surface area contributed by atoms with Crippen LogP contribution in [0.5, 0.6) is 0 Å². The van der Waals surface area contributed by atoms with Crippen molar-refractivity contribution in [3.63, 3.8) is 0 Å². The molecule has 8 saturated heterocycles. The number of carbonyl (C=O) groups is 2. The number of hydrogen-bond donors (Lipinski definition) is 5. The van der Waals surface area contributed by atoms with Gasteiger partial charge < -0.3 is 63.4 Å². The summed E-state index contributed by atoms with van der Waals surface area (Å²) in [6.07, 6.45) is 6.29. The fourth-order valence-corrected chi connectivity index (χ4v) is 12.1. The summed E-state index contributed by atoms with van der Waals surface area (Å²) in [6, 6.07) is 0. The standard InChI is InChI=1S/C47H72O15/c1-26(10-11-33-30(48)22-37(56-33)47(54)39(50)28(3)14-20-55-47)21-27(2)23-42(5)16-13-36(60-42)46-19-18-43(6,62-46)25-35(59-46)38-31(49)24-44(7,61-38)40(51)34-12-17-45(58-34)15-8-9-32(57-45)29(4)41(52)53/h10-11,21,27-30,32-40,48,50-51,54H,8-9,12-20,22-25H2,1-7H3,(H,52,53)/b11-10+,26-21+/t27-,28+,29+,30+,32-,33+,34-,35+,36+,37-,38-,39+,40-,42+,43-,44+,45-,46-,47+/m0/s1. The van der Waals surface area contributed by atoms with Gasteiger partial charge >= 0.3 is 5.97 Å². The minimum atomic E-state index is -1.86. The molecule has 8 aliphatic heterocycles. The van der Waals surface area contributed by atoms with Crippen LogP contribution in [0, 0.1) is 17.8 Å². The molecule has 15 heteroatoms. The molecule has 2 bridgehead atoms. The molecule has 5 N–H and O–H groups in total.